The van der Waals surface area contributed by atoms with Gasteiger partial charge in [0, 0.05) is 13.1 Å². The van der Waals surface area contributed by atoms with E-state index in [2.05, 4.69) is 6.92 Å². The van der Waals surface area contributed by atoms with Crippen molar-refractivity contribution < 1.29 is 19.4 Å². The third-order valence-electron chi connectivity index (χ3n) is 3.44. The molecule has 0 aromatic heterocycles. The van der Waals surface area contributed by atoms with E-state index in [9.17, 15) is 9.59 Å². The smallest absolute Gasteiger partial charge is 0.338 e. The van der Waals surface area contributed by atoms with Crippen molar-refractivity contribution in [1.82, 2.24) is 4.90 Å². The van der Waals surface area contributed by atoms with Crippen molar-refractivity contribution in [2.75, 3.05) is 19.7 Å². The first kappa shape index (κ1) is 14.4. The molecule has 1 atom stereocenters. The molecule has 1 fully saturated rings. The molecule has 0 saturated carbocycles. The number of phenols is 1. The van der Waals surface area contributed by atoms with Gasteiger partial charge in [-0.05, 0) is 43.0 Å². The number of nitrogens with zero attached hydrogens (tertiary/aromatic N) is 1. The largest absolute Gasteiger partial charge is 0.508 e. The highest BCUT2D eigenvalue weighted by Crippen LogP contribution is 2.15. The fourth-order valence-electron chi connectivity index (χ4n) is 2.32. The molecule has 1 aromatic rings. The lowest BCUT2D eigenvalue weighted by atomic mass is 10.0. The van der Waals surface area contributed by atoms with E-state index in [1.165, 1.54) is 24.3 Å². The monoisotopic (exact) mass is 277 g/mol. The van der Waals surface area contributed by atoms with Crippen LogP contribution in [-0.2, 0) is 9.53 Å². The summed E-state index contributed by atoms with van der Waals surface area (Å²) in [6.07, 6.45) is 2.13. The number of phenolic OH excluding ortho intramolecular Hbond substituents is 1. The molecule has 0 radical (unpaired) electrons. The topological polar surface area (TPSA) is 66.8 Å². The number of hydrogen-bond donors (Lipinski definition) is 1. The van der Waals surface area contributed by atoms with E-state index in [0.29, 0.717) is 11.5 Å². The molecule has 1 heterocycles. The van der Waals surface area contributed by atoms with Gasteiger partial charge in [0.25, 0.3) is 5.91 Å². The summed E-state index contributed by atoms with van der Waals surface area (Å²) >= 11 is 0. The molecule has 5 nitrogen and oxygen atoms in total. The van der Waals surface area contributed by atoms with Crippen LogP contribution in [0.4, 0.5) is 0 Å². The third kappa shape index (κ3) is 3.73. The number of aromatic hydroxyl groups is 1. The summed E-state index contributed by atoms with van der Waals surface area (Å²) in [6, 6.07) is 5.74. The Kier molecular flexibility index (Phi) is 4.61. The molecule has 1 saturated heterocycles. The van der Waals surface area contributed by atoms with Gasteiger partial charge in [-0.25, -0.2) is 4.79 Å². The van der Waals surface area contributed by atoms with Crippen LogP contribution in [0.1, 0.15) is 30.1 Å². The van der Waals surface area contributed by atoms with Crippen molar-refractivity contribution in [3.63, 3.8) is 0 Å². The molecule has 1 aliphatic rings. The molecule has 5 heteroatoms. The molecule has 108 valence electrons. The Morgan fingerprint density at radius 1 is 1.35 bits per heavy atom. The molecule has 2 rings (SSSR count). The number of hydrogen-bond acceptors (Lipinski definition) is 4. The molecule has 1 unspecified atom stereocenters. The second-order valence-electron chi connectivity index (χ2n) is 5.21. The van der Waals surface area contributed by atoms with Crippen LogP contribution in [-0.4, -0.2) is 41.6 Å². The van der Waals surface area contributed by atoms with Crippen LogP contribution >= 0.6 is 0 Å². The van der Waals surface area contributed by atoms with E-state index in [1.54, 1.807) is 4.90 Å². The Labute approximate surface area is 118 Å². The number of benzene rings is 1. The first-order valence-electron chi connectivity index (χ1n) is 6.80. The van der Waals surface area contributed by atoms with Crippen LogP contribution in [0.5, 0.6) is 5.75 Å². The standard InChI is InChI=1S/C15H19NO4/c1-11-3-2-8-16(9-11)14(18)10-20-15(19)12-4-6-13(17)7-5-12/h4-7,11,17H,2-3,8-10H2,1H3. The van der Waals surface area contributed by atoms with E-state index in [0.717, 1.165) is 25.9 Å². The molecular formula is C15H19NO4. The van der Waals surface area contributed by atoms with Gasteiger partial charge >= 0.3 is 5.97 Å². The number of ether oxygens (including phenoxy) is 1. The summed E-state index contributed by atoms with van der Waals surface area (Å²) in [5.41, 5.74) is 0.322. The molecule has 20 heavy (non-hydrogen) atoms. The highest BCUT2D eigenvalue weighted by molar-refractivity contribution is 5.91. The van der Waals surface area contributed by atoms with Gasteiger partial charge in [0.05, 0.1) is 5.56 Å². The summed E-state index contributed by atoms with van der Waals surface area (Å²) < 4.78 is 5.01. The van der Waals surface area contributed by atoms with Gasteiger partial charge in [0.15, 0.2) is 6.61 Å². The molecular weight excluding hydrogens is 258 g/mol. The van der Waals surface area contributed by atoms with E-state index >= 15 is 0 Å². The van der Waals surface area contributed by atoms with Gasteiger partial charge in [-0.15, -0.1) is 0 Å². The van der Waals surface area contributed by atoms with Crippen molar-refractivity contribution in [3.8, 4) is 5.75 Å². The van der Waals surface area contributed by atoms with Crippen LogP contribution in [0.3, 0.4) is 0 Å². The summed E-state index contributed by atoms with van der Waals surface area (Å²) in [7, 11) is 0. The van der Waals surface area contributed by atoms with Crippen LogP contribution in [0.25, 0.3) is 0 Å². The molecule has 0 bridgehead atoms. The Balaban J connectivity index is 1.83. The minimum absolute atomic E-state index is 0.0833. The highest BCUT2D eigenvalue weighted by atomic mass is 16.5. The van der Waals surface area contributed by atoms with Crippen molar-refractivity contribution in [1.29, 1.82) is 0 Å². The van der Waals surface area contributed by atoms with Crippen LogP contribution < -0.4 is 0 Å². The molecule has 0 aliphatic carbocycles. The van der Waals surface area contributed by atoms with E-state index in [1.807, 2.05) is 0 Å². The van der Waals surface area contributed by atoms with Crippen LogP contribution in [0.2, 0.25) is 0 Å². The Morgan fingerprint density at radius 3 is 2.70 bits per heavy atom. The molecule has 1 aromatic carbocycles. The second-order valence-corrected chi connectivity index (χ2v) is 5.21. The summed E-state index contributed by atoms with van der Waals surface area (Å²) in [5, 5.41) is 9.14. The minimum Gasteiger partial charge on any atom is -0.508 e. The maximum atomic E-state index is 11.9. The number of rotatable bonds is 3. The Hall–Kier alpha value is -2.04. The minimum atomic E-state index is -0.552. The van der Waals surface area contributed by atoms with E-state index in [4.69, 9.17) is 9.84 Å². The fraction of sp³-hybridized carbons (Fsp3) is 0.467. The predicted octanol–water partition coefficient (Wildman–Crippen LogP) is 1.81. The number of esters is 1. The average molecular weight is 277 g/mol. The van der Waals surface area contributed by atoms with Gasteiger partial charge in [0.1, 0.15) is 5.75 Å². The average Bonchev–Trinajstić information content (AvgIpc) is 2.45. The fourth-order valence-corrected chi connectivity index (χ4v) is 2.32. The van der Waals surface area contributed by atoms with Crippen LogP contribution in [0.15, 0.2) is 24.3 Å². The lowest BCUT2D eigenvalue weighted by Gasteiger charge is -2.30. The Morgan fingerprint density at radius 2 is 2.05 bits per heavy atom. The Bertz CT molecular complexity index is 483. The predicted molar refractivity (Wildman–Crippen MR) is 73.4 cm³/mol. The number of carbonyl (C=O) groups is 2. The first-order chi connectivity index (χ1) is 9.56. The maximum absolute atomic E-state index is 11.9. The third-order valence-corrected chi connectivity index (χ3v) is 3.44. The van der Waals surface area contributed by atoms with Gasteiger partial charge in [0.2, 0.25) is 0 Å². The molecule has 1 N–H and O–H groups in total. The van der Waals surface area contributed by atoms with Gasteiger partial charge in [-0.2, -0.15) is 0 Å². The van der Waals surface area contributed by atoms with Gasteiger partial charge in [-0.1, -0.05) is 6.92 Å². The summed E-state index contributed by atoms with van der Waals surface area (Å²) in [6.45, 7) is 3.35. The first-order valence-corrected chi connectivity index (χ1v) is 6.80. The highest BCUT2D eigenvalue weighted by Gasteiger charge is 2.21. The lowest BCUT2D eigenvalue weighted by molar-refractivity contribution is -0.136. The zero-order valence-corrected chi connectivity index (χ0v) is 11.5. The number of piperidine rings is 1. The maximum Gasteiger partial charge on any atom is 0.338 e. The summed E-state index contributed by atoms with van der Waals surface area (Å²) in [4.78, 5) is 25.4. The van der Waals surface area contributed by atoms with Gasteiger partial charge in [-0.3, -0.25) is 4.79 Å². The second kappa shape index (κ2) is 6.41. The van der Waals surface area contributed by atoms with Crippen molar-refractivity contribution in [3.05, 3.63) is 29.8 Å². The normalized spacial score (nSPS) is 18.6. The van der Waals surface area contributed by atoms with Crippen molar-refractivity contribution >= 4 is 11.9 Å². The van der Waals surface area contributed by atoms with Crippen LogP contribution in [0, 0.1) is 5.92 Å². The molecule has 0 spiro atoms. The van der Waals surface area contributed by atoms with Crippen molar-refractivity contribution in [2.24, 2.45) is 5.92 Å². The zero-order valence-electron chi connectivity index (χ0n) is 11.5. The number of likely N-dealkylation sites (tertiary alicyclic amines) is 1. The van der Waals surface area contributed by atoms with E-state index in [-0.39, 0.29) is 18.3 Å². The lowest BCUT2D eigenvalue weighted by Crippen LogP contribution is -2.41. The van der Waals surface area contributed by atoms with E-state index < -0.39 is 5.97 Å². The molecule has 1 amide bonds. The SMILES string of the molecule is CC1CCCN(C(=O)COC(=O)c2ccc(O)cc2)C1. The van der Waals surface area contributed by atoms with Crippen molar-refractivity contribution in [2.45, 2.75) is 19.8 Å². The number of amides is 1. The quantitative estimate of drug-likeness (QED) is 0.856. The zero-order chi connectivity index (χ0) is 14.5. The number of carbonyl (C=O) groups excluding carboxylic acids is 2. The molecule has 1 aliphatic heterocycles. The van der Waals surface area contributed by atoms with Gasteiger partial charge < -0.3 is 14.7 Å². The summed E-state index contributed by atoms with van der Waals surface area (Å²) in [5.74, 6) is -0.118.